The predicted molar refractivity (Wildman–Crippen MR) is 80.7 cm³/mol. The van der Waals surface area contributed by atoms with Crippen LogP contribution in [0.1, 0.15) is 56.6 Å². The lowest BCUT2D eigenvalue weighted by molar-refractivity contribution is 0.170. The molecule has 1 aromatic rings. The average Bonchev–Trinajstić information content (AvgIpc) is 2.96. The van der Waals surface area contributed by atoms with E-state index in [1.54, 1.807) is 0 Å². The molecule has 0 saturated heterocycles. The number of fused-ring (bicyclic) bond motifs is 1. The lowest BCUT2D eigenvalue weighted by atomic mass is 9.74. The van der Waals surface area contributed by atoms with E-state index in [2.05, 4.69) is 26.0 Å². The summed E-state index contributed by atoms with van der Waals surface area (Å²) in [6, 6.07) is 4.40. The summed E-state index contributed by atoms with van der Waals surface area (Å²) in [6.45, 7) is 6.50. The fourth-order valence-corrected chi connectivity index (χ4v) is 3.68. The van der Waals surface area contributed by atoms with Gasteiger partial charge in [0.15, 0.2) is 11.5 Å². The summed E-state index contributed by atoms with van der Waals surface area (Å²) in [4.78, 5) is 0. The second-order valence-corrected chi connectivity index (χ2v) is 6.43. The highest BCUT2D eigenvalue weighted by Crippen LogP contribution is 2.47. The third kappa shape index (κ3) is 2.18. The molecule has 1 fully saturated rings. The van der Waals surface area contributed by atoms with Gasteiger partial charge in [-0.15, -0.1) is 0 Å². The fraction of sp³-hybridized carbons (Fsp3) is 0.647. The van der Waals surface area contributed by atoms with Gasteiger partial charge >= 0.3 is 0 Å². The van der Waals surface area contributed by atoms with E-state index in [0.29, 0.717) is 19.1 Å². The zero-order valence-electron chi connectivity index (χ0n) is 12.6. The molecule has 1 aliphatic carbocycles. The Kier molecular flexibility index (Phi) is 3.63. The predicted octanol–water partition coefficient (Wildman–Crippen LogP) is 3.35. The van der Waals surface area contributed by atoms with Gasteiger partial charge in [0, 0.05) is 12.0 Å². The van der Waals surface area contributed by atoms with Crippen molar-refractivity contribution in [2.75, 3.05) is 19.8 Å². The Balaban J connectivity index is 2.12. The minimum Gasteiger partial charge on any atom is -0.486 e. The van der Waals surface area contributed by atoms with Crippen molar-refractivity contribution >= 4 is 0 Å². The number of hydrogen-bond donors (Lipinski definition) is 1. The largest absolute Gasteiger partial charge is 0.486 e. The summed E-state index contributed by atoms with van der Waals surface area (Å²) in [5.74, 6) is 2.27. The molecule has 3 heteroatoms. The van der Waals surface area contributed by atoms with E-state index >= 15 is 0 Å². The van der Waals surface area contributed by atoms with Gasteiger partial charge in [0.1, 0.15) is 13.2 Å². The van der Waals surface area contributed by atoms with E-state index in [0.717, 1.165) is 18.0 Å². The molecule has 1 aromatic carbocycles. The van der Waals surface area contributed by atoms with E-state index in [1.165, 1.54) is 36.8 Å². The van der Waals surface area contributed by atoms with Gasteiger partial charge in [-0.25, -0.2) is 0 Å². The Bertz CT molecular complexity index is 490. The van der Waals surface area contributed by atoms with E-state index in [4.69, 9.17) is 15.2 Å². The second-order valence-electron chi connectivity index (χ2n) is 6.43. The van der Waals surface area contributed by atoms with Crippen LogP contribution in [0.2, 0.25) is 0 Å². The average molecular weight is 275 g/mol. The summed E-state index contributed by atoms with van der Waals surface area (Å²) >= 11 is 0. The molecule has 2 aliphatic rings. The normalized spacial score (nSPS) is 20.4. The Morgan fingerprint density at radius 1 is 1.10 bits per heavy atom. The summed E-state index contributed by atoms with van der Waals surface area (Å²) in [5, 5.41) is 0. The van der Waals surface area contributed by atoms with Crippen LogP contribution in [0.3, 0.4) is 0 Å². The van der Waals surface area contributed by atoms with Crippen LogP contribution >= 0.6 is 0 Å². The molecule has 0 radical (unpaired) electrons. The Labute approximate surface area is 121 Å². The zero-order valence-corrected chi connectivity index (χ0v) is 12.6. The fourth-order valence-electron chi connectivity index (χ4n) is 3.68. The van der Waals surface area contributed by atoms with Crippen LogP contribution in [0.4, 0.5) is 0 Å². The molecule has 3 nitrogen and oxygen atoms in total. The lowest BCUT2D eigenvalue weighted by Gasteiger charge is -2.33. The van der Waals surface area contributed by atoms with Crippen LogP contribution in [-0.2, 0) is 5.41 Å². The topological polar surface area (TPSA) is 44.5 Å². The van der Waals surface area contributed by atoms with Gasteiger partial charge in [-0.2, -0.15) is 0 Å². The molecule has 0 atom stereocenters. The third-order valence-electron chi connectivity index (χ3n) is 4.86. The molecule has 1 saturated carbocycles. The van der Waals surface area contributed by atoms with Crippen LogP contribution in [0.25, 0.3) is 0 Å². The van der Waals surface area contributed by atoms with Crippen LogP contribution in [0.15, 0.2) is 12.1 Å². The summed E-state index contributed by atoms with van der Waals surface area (Å²) in [7, 11) is 0. The number of benzene rings is 1. The molecule has 0 bridgehead atoms. The van der Waals surface area contributed by atoms with Crippen molar-refractivity contribution in [2.45, 2.75) is 50.9 Å². The number of rotatable bonds is 3. The van der Waals surface area contributed by atoms with Gasteiger partial charge in [-0.05, 0) is 42.0 Å². The molecule has 0 amide bonds. The molecular weight excluding hydrogens is 250 g/mol. The Hall–Kier alpha value is -1.22. The highest BCUT2D eigenvalue weighted by molar-refractivity contribution is 5.52. The summed E-state index contributed by atoms with van der Waals surface area (Å²) < 4.78 is 11.5. The van der Waals surface area contributed by atoms with E-state index in [-0.39, 0.29) is 5.41 Å². The zero-order chi connectivity index (χ0) is 14.2. The molecule has 1 aliphatic heterocycles. The van der Waals surface area contributed by atoms with Crippen molar-refractivity contribution in [1.29, 1.82) is 0 Å². The third-order valence-corrected chi connectivity index (χ3v) is 4.86. The molecule has 2 N–H and O–H groups in total. The van der Waals surface area contributed by atoms with Gasteiger partial charge in [-0.1, -0.05) is 26.7 Å². The van der Waals surface area contributed by atoms with Crippen molar-refractivity contribution in [3.8, 4) is 11.5 Å². The first-order valence-electron chi connectivity index (χ1n) is 7.80. The summed E-state index contributed by atoms with van der Waals surface area (Å²) in [5.41, 5.74) is 9.10. The molecule has 110 valence electrons. The first kappa shape index (κ1) is 13.7. The maximum Gasteiger partial charge on any atom is 0.161 e. The van der Waals surface area contributed by atoms with Crippen molar-refractivity contribution in [3.63, 3.8) is 0 Å². The maximum absolute atomic E-state index is 6.17. The number of nitrogens with two attached hydrogens (primary N) is 1. The van der Waals surface area contributed by atoms with Crippen molar-refractivity contribution < 1.29 is 9.47 Å². The van der Waals surface area contributed by atoms with E-state index in [9.17, 15) is 0 Å². The lowest BCUT2D eigenvalue weighted by Crippen LogP contribution is -2.33. The minimum absolute atomic E-state index is 0.148. The monoisotopic (exact) mass is 275 g/mol. The molecule has 3 rings (SSSR count). The Morgan fingerprint density at radius 3 is 2.25 bits per heavy atom. The Morgan fingerprint density at radius 2 is 1.70 bits per heavy atom. The smallest absolute Gasteiger partial charge is 0.161 e. The standard InChI is InChI=1S/C17H25NO2/c1-12(2)13-9-15-16(20-8-7-19-15)10-14(13)17(11-18)5-3-4-6-17/h9-10,12H,3-8,11,18H2,1-2H3. The highest BCUT2D eigenvalue weighted by Gasteiger charge is 2.37. The first-order chi connectivity index (χ1) is 9.66. The van der Waals surface area contributed by atoms with Crippen molar-refractivity contribution in [3.05, 3.63) is 23.3 Å². The maximum atomic E-state index is 6.17. The first-order valence-corrected chi connectivity index (χ1v) is 7.80. The number of ether oxygens (including phenoxy) is 2. The highest BCUT2D eigenvalue weighted by atomic mass is 16.6. The van der Waals surface area contributed by atoms with E-state index < -0.39 is 0 Å². The molecular formula is C17H25NO2. The van der Waals surface area contributed by atoms with Crippen LogP contribution in [0.5, 0.6) is 11.5 Å². The van der Waals surface area contributed by atoms with Gasteiger partial charge in [0.05, 0.1) is 0 Å². The molecule has 0 aromatic heterocycles. The van der Waals surface area contributed by atoms with Gasteiger partial charge in [0.2, 0.25) is 0 Å². The van der Waals surface area contributed by atoms with Crippen molar-refractivity contribution in [1.82, 2.24) is 0 Å². The van der Waals surface area contributed by atoms with Crippen molar-refractivity contribution in [2.24, 2.45) is 5.73 Å². The SMILES string of the molecule is CC(C)c1cc2c(cc1C1(CN)CCCC1)OCCO2. The van der Waals surface area contributed by atoms with Gasteiger partial charge in [0.25, 0.3) is 0 Å². The van der Waals surface area contributed by atoms with Gasteiger partial charge in [-0.3, -0.25) is 0 Å². The van der Waals surface area contributed by atoms with Crippen LogP contribution in [-0.4, -0.2) is 19.8 Å². The molecule has 1 heterocycles. The van der Waals surface area contributed by atoms with E-state index in [1.807, 2.05) is 0 Å². The quantitative estimate of drug-likeness (QED) is 0.920. The number of hydrogen-bond acceptors (Lipinski definition) is 3. The van der Waals surface area contributed by atoms with Crippen LogP contribution < -0.4 is 15.2 Å². The molecule has 0 unspecified atom stereocenters. The minimum atomic E-state index is 0.148. The van der Waals surface area contributed by atoms with Crippen LogP contribution in [0, 0.1) is 0 Å². The summed E-state index contributed by atoms with van der Waals surface area (Å²) in [6.07, 6.45) is 4.96. The molecule has 20 heavy (non-hydrogen) atoms. The second kappa shape index (κ2) is 5.28. The molecule has 0 spiro atoms. The van der Waals surface area contributed by atoms with Gasteiger partial charge < -0.3 is 15.2 Å².